The maximum atomic E-state index is 12.3. The van der Waals surface area contributed by atoms with Crippen LogP contribution in [0.1, 0.15) is 27.8 Å². The summed E-state index contributed by atoms with van der Waals surface area (Å²) in [5, 5.41) is 9.59. The second kappa shape index (κ2) is 12.0. The summed E-state index contributed by atoms with van der Waals surface area (Å²) in [6.07, 6.45) is 1.28. The van der Waals surface area contributed by atoms with E-state index in [9.17, 15) is 14.4 Å². The Labute approximate surface area is 214 Å². The van der Waals surface area contributed by atoms with Crippen molar-refractivity contribution >= 4 is 46.9 Å². The first-order valence-electron chi connectivity index (χ1n) is 11.1. The first-order valence-corrected chi connectivity index (χ1v) is 11.5. The van der Waals surface area contributed by atoms with Crippen LogP contribution >= 0.6 is 11.6 Å². The summed E-state index contributed by atoms with van der Waals surface area (Å²) in [6.45, 7) is 7.47. The minimum absolute atomic E-state index is 0.250. The second-order valence-electron chi connectivity index (χ2n) is 8.22. The molecule has 0 bridgehead atoms. The molecule has 3 rings (SSSR count). The van der Waals surface area contributed by atoms with E-state index in [0.29, 0.717) is 27.7 Å². The molecule has 0 unspecified atom stereocenters. The number of benzene rings is 3. The molecule has 8 nitrogen and oxygen atoms in total. The number of ether oxygens (including phenoxy) is 1. The van der Waals surface area contributed by atoms with Crippen LogP contribution in [-0.4, -0.2) is 30.5 Å². The van der Waals surface area contributed by atoms with Gasteiger partial charge in [-0.1, -0.05) is 29.8 Å². The predicted molar refractivity (Wildman–Crippen MR) is 142 cm³/mol. The van der Waals surface area contributed by atoms with Gasteiger partial charge in [-0.25, -0.2) is 5.43 Å². The Hall–Kier alpha value is -4.17. The Morgan fingerprint density at radius 1 is 0.889 bits per heavy atom. The fourth-order valence-electron chi connectivity index (χ4n) is 3.19. The smallest absolute Gasteiger partial charge is 0.329 e. The Morgan fingerprint density at radius 3 is 2.42 bits per heavy atom. The van der Waals surface area contributed by atoms with E-state index in [2.05, 4.69) is 21.2 Å². The number of rotatable bonds is 7. The number of nitrogens with one attached hydrogen (secondary N) is 3. The summed E-state index contributed by atoms with van der Waals surface area (Å²) in [6, 6.07) is 15.8. The third-order valence-corrected chi connectivity index (χ3v) is 5.79. The van der Waals surface area contributed by atoms with Gasteiger partial charge in [-0.15, -0.1) is 0 Å². The van der Waals surface area contributed by atoms with Crippen molar-refractivity contribution in [3.63, 3.8) is 0 Å². The van der Waals surface area contributed by atoms with E-state index in [1.807, 2.05) is 52.0 Å². The van der Waals surface area contributed by atoms with Crippen LogP contribution < -0.4 is 20.8 Å². The van der Waals surface area contributed by atoms with Gasteiger partial charge in [0.25, 0.3) is 5.91 Å². The van der Waals surface area contributed by atoms with Gasteiger partial charge in [0.1, 0.15) is 5.75 Å². The maximum Gasteiger partial charge on any atom is 0.329 e. The molecular formula is C27H27ClN4O4. The molecule has 3 aromatic rings. The number of carbonyl (C=O) groups excluding carboxylic acids is 3. The van der Waals surface area contributed by atoms with Crippen LogP contribution in [-0.2, 0) is 14.4 Å². The van der Waals surface area contributed by atoms with Crippen molar-refractivity contribution in [1.29, 1.82) is 0 Å². The van der Waals surface area contributed by atoms with Crippen LogP contribution in [0, 0.1) is 27.7 Å². The molecule has 0 aliphatic carbocycles. The van der Waals surface area contributed by atoms with Crippen molar-refractivity contribution in [3.05, 3.63) is 87.4 Å². The Balaban J connectivity index is 1.59. The van der Waals surface area contributed by atoms with Gasteiger partial charge >= 0.3 is 11.8 Å². The zero-order chi connectivity index (χ0) is 26.2. The van der Waals surface area contributed by atoms with Gasteiger partial charge in [0, 0.05) is 22.0 Å². The molecule has 3 aromatic carbocycles. The Kier molecular flexibility index (Phi) is 8.81. The number of amides is 3. The van der Waals surface area contributed by atoms with E-state index in [4.69, 9.17) is 16.3 Å². The summed E-state index contributed by atoms with van der Waals surface area (Å²) in [4.78, 5) is 36.7. The zero-order valence-corrected chi connectivity index (χ0v) is 21.2. The number of nitrogens with zero attached hydrogens (tertiary/aromatic N) is 1. The molecule has 0 spiro atoms. The van der Waals surface area contributed by atoms with Crippen LogP contribution in [0.4, 0.5) is 11.4 Å². The zero-order valence-electron chi connectivity index (χ0n) is 20.4. The third kappa shape index (κ3) is 7.16. The van der Waals surface area contributed by atoms with Gasteiger partial charge in [-0.05, 0) is 86.3 Å². The molecule has 0 radical (unpaired) electrons. The van der Waals surface area contributed by atoms with Crippen LogP contribution in [0.5, 0.6) is 5.75 Å². The van der Waals surface area contributed by atoms with Crippen molar-refractivity contribution in [1.82, 2.24) is 5.43 Å². The van der Waals surface area contributed by atoms with Gasteiger partial charge in [0.15, 0.2) is 6.61 Å². The largest absolute Gasteiger partial charge is 0.483 e. The first kappa shape index (κ1) is 26.4. The minimum atomic E-state index is -0.940. The van der Waals surface area contributed by atoms with Crippen molar-refractivity contribution < 1.29 is 19.1 Å². The lowest BCUT2D eigenvalue weighted by Gasteiger charge is -2.11. The molecule has 0 aliphatic heterocycles. The average Bonchev–Trinajstić information content (AvgIpc) is 2.83. The summed E-state index contributed by atoms with van der Waals surface area (Å²) in [5.41, 5.74) is 7.86. The molecule has 36 heavy (non-hydrogen) atoms. The maximum absolute atomic E-state index is 12.3. The first-order chi connectivity index (χ1) is 17.1. The van der Waals surface area contributed by atoms with Crippen LogP contribution in [0.15, 0.2) is 59.7 Å². The average molecular weight is 507 g/mol. The number of hydrogen-bond acceptors (Lipinski definition) is 5. The predicted octanol–water partition coefficient (Wildman–Crippen LogP) is 4.68. The highest BCUT2D eigenvalue weighted by molar-refractivity contribution is 6.39. The van der Waals surface area contributed by atoms with E-state index in [1.54, 1.807) is 30.3 Å². The second-order valence-corrected chi connectivity index (χ2v) is 8.66. The van der Waals surface area contributed by atoms with Crippen LogP contribution in [0.25, 0.3) is 0 Å². The number of halogens is 1. The fraction of sp³-hybridized carbons (Fsp3) is 0.185. The van der Waals surface area contributed by atoms with Gasteiger partial charge in [0.2, 0.25) is 0 Å². The topological polar surface area (TPSA) is 109 Å². The van der Waals surface area contributed by atoms with Gasteiger partial charge in [-0.3, -0.25) is 14.4 Å². The number of hydrazone groups is 1. The van der Waals surface area contributed by atoms with E-state index in [0.717, 1.165) is 22.3 Å². The number of hydrogen-bond donors (Lipinski definition) is 3. The quantitative estimate of drug-likeness (QED) is 0.245. The molecule has 0 saturated heterocycles. The Bertz CT molecular complexity index is 1340. The van der Waals surface area contributed by atoms with Gasteiger partial charge in [-0.2, -0.15) is 5.10 Å². The molecule has 0 saturated carbocycles. The Morgan fingerprint density at radius 2 is 1.67 bits per heavy atom. The van der Waals surface area contributed by atoms with Gasteiger partial charge in [0.05, 0.1) is 6.21 Å². The lowest BCUT2D eigenvalue weighted by molar-refractivity contribution is -0.136. The van der Waals surface area contributed by atoms with Crippen LogP contribution in [0.2, 0.25) is 5.02 Å². The molecule has 9 heteroatoms. The molecule has 0 heterocycles. The van der Waals surface area contributed by atoms with E-state index >= 15 is 0 Å². The van der Waals surface area contributed by atoms with E-state index < -0.39 is 11.8 Å². The van der Waals surface area contributed by atoms with E-state index in [1.165, 1.54) is 6.21 Å². The summed E-state index contributed by atoms with van der Waals surface area (Å²) in [7, 11) is 0. The van der Waals surface area contributed by atoms with E-state index in [-0.39, 0.29) is 12.5 Å². The summed E-state index contributed by atoms with van der Waals surface area (Å²) >= 11 is 6.08. The van der Waals surface area contributed by atoms with Crippen LogP contribution in [0.3, 0.4) is 0 Å². The van der Waals surface area contributed by atoms with Crippen molar-refractivity contribution in [2.75, 3.05) is 17.2 Å². The molecule has 0 atom stereocenters. The third-order valence-electron chi connectivity index (χ3n) is 5.55. The highest BCUT2D eigenvalue weighted by Gasteiger charge is 2.15. The standard InChI is InChI=1S/C27H27ClN4O4/c1-16-8-10-22(12-18(16)3)30-25(33)15-36-24-11-9-21(28)13-20(24)14-29-32-27(35)26(34)31-23-7-5-6-17(2)19(23)4/h5-14H,15H2,1-4H3,(H,30,33)(H,31,34)(H,32,35)/b29-14-. The molecule has 0 aliphatic rings. The van der Waals surface area contributed by atoms with Crippen molar-refractivity contribution in [3.8, 4) is 5.75 Å². The fourth-order valence-corrected chi connectivity index (χ4v) is 3.37. The molecular weight excluding hydrogens is 480 g/mol. The molecule has 186 valence electrons. The number of carbonyl (C=O) groups is 3. The minimum Gasteiger partial charge on any atom is -0.483 e. The lowest BCUT2D eigenvalue weighted by atomic mass is 10.1. The molecule has 0 aromatic heterocycles. The summed E-state index contributed by atoms with van der Waals surface area (Å²) < 4.78 is 5.63. The highest BCUT2D eigenvalue weighted by atomic mass is 35.5. The van der Waals surface area contributed by atoms with Crippen molar-refractivity contribution in [2.24, 2.45) is 5.10 Å². The number of aryl methyl sites for hydroxylation is 3. The number of anilines is 2. The normalized spacial score (nSPS) is 10.7. The SMILES string of the molecule is Cc1ccc(NC(=O)COc2ccc(Cl)cc2/C=N\NC(=O)C(=O)Nc2cccc(C)c2C)cc1C. The lowest BCUT2D eigenvalue weighted by Crippen LogP contribution is -2.32. The molecule has 0 fully saturated rings. The van der Waals surface area contributed by atoms with Crippen molar-refractivity contribution in [2.45, 2.75) is 27.7 Å². The molecule has 3 amide bonds. The molecule has 3 N–H and O–H groups in total. The summed E-state index contributed by atoms with van der Waals surface area (Å²) in [5.74, 6) is -1.81. The van der Waals surface area contributed by atoms with Gasteiger partial charge < -0.3 is 15.4 Å². The monoisotopic (exact) mass is 506 g/mol. The highest BCUT2D eigenvalue weighted by Crippen LogP contribution is 2.22.